The summed E-state index contributed by atoms with van der Waals surface area (Å²) < 4.78 is 5.56. The minimum Gasteiger partial charge on any atom is -0.494 e. The van der Waals surface area contributed by atoms with Crippen molar-refractivity contribution in [2.45, 2.75) is 13.8 Å². The van der Waals surface area contributed by atoms with Crippen molar-refractivity contribution in [2.75, 3.05) is 6.61 Å². The second-order valence-corrected chi connectivity index (χ2v) is 4.52. The van der Waals surface area contributed by atoms with Crippen molar-refractivity contribution in [3.63, 3.8) is 0 Å². The van der Waals surface area contributed by atoms with Gasteiger partial charge in [0.25, 0.3) is 0 Å². The van der Waals surface area contributed by atoms with Crippen LogP contribution >= 0.6 is 0 Å². The Balaban J connectivity index is 2.03. The number of aryl methyl sites for hydroxylation is 1. The minimum atomic E-state index is 0.685. The first-order valence-electron chi connectivity index (χ1n) is 6.46. The van der Waals surface area contributed by atoms with Crippen LogP contribution in [0.25, 0.3) is 22.4 Å². The van der Waals surface area contributed by atoms with E-state index < -0.39 is 0 Å². The van der Waals surface area contributed by atoms with E-state index in [1.165, 1.54) is 0 Å². The molecule has 0 amide bonds. The van der Waals surface area contributed by atoms with Gasteiger partial charge in [-0.1, -0.05) is 12.1 Å². The summed E-state index contributed by atoms with van der Waals surface area (Å²) in [5.74, 6) is 1.83. The highest BCUT2D eigenvalue weighted by atomic mass is 16.5. The van der Waals surface area contributed by atoms with Crippen LogP contribution in [0, 0.1) is 6.92 Å². The van der Waals surface area contributed by atoms with Gasteiger partial charge in [0.05, 0.1) is 17.6 Å². The summed E-state index contributed by atoms with van der Waals surface area (Å²) in [5.41, 5.74) is 4.25. The fourth-order valence-electron chi connectivity index (χ4n) is 2.20. The van der Waals surface area contributed by atoms with Gasteiger partial charge in [0, 0.05) is 5.56 Å². The molecule has 0 unspecified atom stereocenters. The number of benzene rings is 2. The first kappa shape index (κ1) is 11.8. The molecule has 0 bridgehead atoms. The van der Waals surface area contributed by atoms with Crippen LogP contribution in [0.5, 0.6) is 5.75 Å². The number of nitrogens with one attached hydrogen (secondary N) is 1. The summed E-state index contributed by atoms with van der Waals surface area (Å²) in [4.78, 5) is 7.94. The Kier molecular flexibility index (Phi) is 2.95. The molecule has 0 spiro atoms. The maximum Gasteiger partial charge on any atom is 0.138 e. The third-order valence-corrected chi connectivity index (χ3v) is 3.14. The lowest BCUT2D eigenvalue weighted by molar-refractivity contribution is 0.338. The Labute approximate surface area is 112 Å². The summed E-state index contributed by atoms with van der Waals surface area (Å²) in [6, 6.07) is 14.2. The van der Waals surface area contributed by atoms with E-state index >= 15 is 0 Å². The number of aromatic amines is 1. The van der Waals surface area contributed by atoms with Gasteiger partial charge in [-0.25, -0.2) is 4.98 Å². The maximum absolute atomic E-state index is 5.56. The molecule has 0 saturated heterocycles. The molecule has 0 atom stereocenters. The fourth-order valence-corrected chi connectivity index (χ4v) is 2.20. The number of imidazole rings is 1. The molecule has 19 heavy (non-hydrogen) atoms. The standard InChI is InChI=1S/C16H16N2O/c1-3-19-15-9-8-12(10-11(15)2)16-17-13-6-4-5-7-14(13)18-16/h4-10H,3H2,1-2H3,(H,17,18). The predicted octanol–water partition coefficient (Wildman–Crippen LogP) is 3.94. The smallest absolute Gasteiger partial charge is 0.138 e. The molecule has 3 rings (SSSR count). The summed E-state index contributed by atoms with van der Waals surface area (Å²) in [6.07, 6.45) is 0. The van der Waals surface area contributed by atoms with Crippen LogP contribution in [0.15, 0.2) is 42.5 Å². The molecule has 0 saturated carbocycles. The van der Waals surface area contributed by atoms with Gasteiger partial charge in [-0.3, -0.25) is 0 Å². The van der Waals surface area contributed by atoms with Crippen molar-refractivity contribution in [3.8, 4) is 17.1 Å². The van der Waals surface area contributed by atoms with Gasteiger partial charge in [0.15, 0.2) is 0 Å². The van der Waals surface area contributed by atoms with E-state index in [4.69, 9.17) is 4.74 Å². The number of H-pyrrole nitrogens is 1. The second-order valence-electron chi connectivity index (χ2n) is 4.52. The van der Waals surface area contributed by atoms with Crippen LogP contribution in [-0.2, 0) is 0 Å². The normalized spacial score (nSPS) is 10.8. The molecule has 0 aliphatic rings. The van der Waals surface area contributed by atoms with Crippen LogP contribution in [0.2, 0.25) is 0 Å². The number of para-hydroxylation sites is 2. The second kappa shape index (κ2) is 4.76. The van der Waals surface area contributed by atoms with Crippen molar-refractivity contribution in [2.24, 2.45) is 0 Å². The van der Waals surface area contributed by atoms with E-state index in [0.717, 1.165) is 33.7 Å². The number of rotatable bonds is 3. The van der Waals surface area contributed by atoms with Gasteiger partial charge in [-0.05, 0) is 49.7 Å². The van der Waals surface area contributed by atoms with Gasteiger partial charge < -0.3 is 9.72 Å². The molecule has 96 valence electrons. The van der Waals surface area contributed by atoms with Crippen LogP contribution in [0.3, 0.4) is 0 Å². The highest BCUT2D eigenvalue weighted by molar-refractivity contribution is 5.79. The average molecular weight is 252 g/mol. The summed E-state index contributed by atoms with van der Waals surface area (Å²) in [6.45, 7) is 4.73. The molecule has 3 heteroatoms. The van der Waals surface area contributed by atoms with E-state index in [1.807, 2.05) is 43.3 Å². The number of fused-ring (bicyclic) bond motifs is 1. The zero-order valence-electron chi connectivity index (χ0n) is 11.1. The Morgan fingerprint density at radius 2 is 2.00 bits per heavy atom. The van der Waals surface area contributed by atoms with E-state index in [-0.39, 0.29) is 0 Å². The third-order valence-electron chi connectivity index (χ3n) is 3.14. The van der Waals surface area contributed by atoms with Gasteiger partial charge in [0.2, 0.25) is 0 Å². The number of hydrogen-bond donors (Lipinski definition) is 1. The maximum atomic E-state index is 5.56. The molecule has 3 nitrogen and oxygen atoms in total. The first-order valence-corrected chi connectivity index (χ1v) is 6.46. The monoisotopic (exact) mass is 252 g/mol. The molecular weight excluding hydrogens is 236 g/mol. The Morgan fingerprint density at radius 3 is 2.74 bits per heavy atom. The topological polar surface area (TPSA) is 37.9 Å². The summed E-state index contributed by atoms with van der Waals surface area (Å²) in [7, 11) is 0. The van der Waals surface area contributed by atoms with Crippen molar-refractivity contribution < 1.29 is 4.74 Å². The largest absolute Gasteiger partial charge is 0.494 e. The quantitative estimate of drug-likeness (QED) is 0.766. The van der Waals surface area contributed by atoms with Crippen molar-refractivity contribution in [1.82, 2.24) is 9.97 Å². The van der Waals surface area contributed by atoms with Gasteiger partial charge in [-0.2, -0.15) is 0 Å². The van der Waals surface area contributed by atoms with Crippen LogP contribution in [-0.4, -0.2) is 16.6 Å². The highest BCUT2D eigenvalue weighted by Crippen LogP contribution is 2.26. The molecule has 2 aromatic carbocycles. The number of aromatic nitrogens is 2. The molecule has 1 aromatic heterocycles. The van der Waals surface area contributed by atoms with Gasteiger partial charge >= 0.3 is 0 Å². The molecule has 1 heterocycles. The molecule has 1 N–H and O–H groups in total. The van der Waals surface area contributed by atoms with Crippen LogP contribution < -0.4 is 4.74 Å². The van der Waals surface area contributed by atoms with E-state index in [2.05, 4.69) is 23.0 Å². The highest BCUT2D eigenvalue weighted by Gasteiger charge is 2.07. The van der Waals surface area contributed by atoms with E-state index in [1.54, 1.807) is 0 Å². The lowest BCUT2D eigenvalue weighted by atomic mass is 10.1. The predicted molar refractivity (Wildman–Crippen MR) is 77.4 cm³/mol. The first-order chi connectivity index (χ1) is 9.28. The number of hydrogen-bond acceptors (Lipinski definition) is 2. The lowest BCUT2D eigenvalue weighted by Gasteiger charge is -2.07. The molecule has 0 aliphatic carbocycles. The molecule has 0 radical (unpaired) electrons. The van der Waals surface area contributed by atoms with E-state index in [9.17, 15) is 0 Å². The van der Waals surface area contributed by atoms with Gasteiger partial charge in [-0.15, -0.1) is 0 Å². The lowest BCUT2D eigenvalue weighted by Crippen LogP contribution is -1.94. The Hall–Kier alpha value is -2.29. The SMILES string of the molecule is CCOc1ccc(-c2nc3ccccc3[nH]2)cc1C. The summed E-state index contributed by atoms with van der Waals surface area (Å²) >= 11 is 0. The average Bonchev–Trinajstić information content (AvgIpc) is 2.85. The Bertz CT molecular complexity index is 683. The molecule has 0 fully saturated rings. The molecular formula is C16H16N2O. The number of nitrogens with zero attached hydrogens (tertiary/aromatic N) is 1. The fraction of sp³-hybridized carbons (Fsp3) is 0.188. The summed E-state index contributed by atoms with van der Waals surface area (Å²) in [5, 5.41) is 0. The zero-order valence-corrected chi connectivity index (χ0v) is 11.1. The van der Waals surface area contributed by atoms with Gasteiger partial charge in [0.1, 0.15) is 11.6 Å². The third kappa shape index (κ3) is 2.19. The molecule has 0 aliphatic heterocycles. The van der Waals surface area contributed by atoms with Crippen molar-refractivity contribution >= 4 is 11.0 Å². The van der Waals surface area contributed by atoms with E-state index in [0.29, 0.717) is 6.61 Å². The number of ether oxygens (including phenoxy) is 1. The van der Waals surface area contributed by atoms with Crippen LogP contribution in [0.4, 0.5) is 0 Å². The zero-order chi connectivity index (χ0) is 13.2. The van der Waals surface area contributed by atoms with Crippen molar-refractivity contribution in [3.05, 3.63) is 48.0 Å². The Morgan fingerprint density at radius 1 is 1.16 bits per heavy atom. The molecule has 3 aromatic rings. The minimum absolute atomic E-state index is 0.685. The van der Waals surface area contributed by atoms with Crippen LogP contribution in [0.1, 0.15) is 12.5 Å². The van der Waals surface area contributed by atoms with Crippen molar-refractivity contribution in [1.29, 1.82) is 0 Å².